The molecule has 2 atom stereocenters. The van der Waals surface area contributed by atoms with Crippen LogP contribution in [-0.2, 0) is 4.74 Å². The van der Waals surface area contributed by atoms with Gasteiger partial charge in [0.15, 0.2) is 0 Å². The number of hydrogen-bond acceptors (Lipinski definition) is 5. The van der Waals surface area contributed by atoms with Gasteiger partial charge < -0.3 is 20.0 Å². The fraction of sp³-hybridized carbons (Fsp3) is 0.387. The number of imidazole rings is 2. The molecule has 0 spiro atoms. The summed E-state index contributed by atoms with van der Waals surface area (Å²) < 4.78 is 36.1. The van der Waals surface area contributed by atoms with Crippen molar-refractivity contribution in [1.82, 2.24) is 30.2 Å². The number of hydrogen-bond donors (Lipinski definition) is 3. The Kier molecular flexibility index (Phi) is 7.11. The number of halogens is 2. The Morgan fingerprint density at radius 1 is 0.902 bits per heavy atom. The summed E-state index contributed by atoms with van der Waals surface area (Å²) in [6, 6.07) is 9.60. The van der Waals surface area contributed by atoms with E-state index in [0.29, 0.717) is 46.0 Å². The number of carbonyl (C=O) groups excluding carboxylic acids is 1. The quantitative estimate of drug-likeness (QED) is 0.246. The number of H-pyrrole nitrogens is 2. The molecule has 6 rings (SSSR count). The summed E-state index contributed by atoms with van der Waals surface area (Å²) in [5, 5.41) is 3.38. The predicted octanol–water partition coefficient (Wildman–Crippen LogP) is 6.91. The lowest BCUT2D eigenvalue weighted by Gasteiger charge is -2.27. The van der Waals surface area contributed by atoms with Crippen LogP contribution in [0.5, 0.6) is 0 Å². The van der Waals surface area contributed by atoms with E-state index in [4.69, 9.17) is 4.74 Å². The van der Waals surface area contributed by atoms with E-state index in [-0.39, 0.29) is 18.2 Å². The van der Waals surface area contributed by atoms with Crippen LogP contribution in [0.3, 0.4) is 0 Å². The summed E-state index contributed by atoms with van der Waals surface area (Å²) in [6.07, 6.45) is 6.51. The van der Waals surface area contributed by atoms with E-state index in [1.165, 1.54) is 12.1 Å². The minimum atomic E-state index is -0.595. The molecule has 8 nitrogen and oxygen atoms in total. The van der Waals surface area contributed by atoms with Gasteiger partial charge in [0.2, 0.25) is 0 Å². The second-order valence-corrected chi connectivity index (χ2v) is 11.7. The van der Waals surface area contributed by atoms with Crippen molar-refractivity contribution in [3.8, 4) is 33.6 Å². The molecule has 41 heavy (non-hydrogen) atoms. The number of aromatic nitrogens is 4. The molecule has 3 N–H and O–H groups in total. The minimum Gasteiger partial charge on any atom is -0.444 e. The molecule has 0 bridgehead atoms. The Hall–Kier alpha value is -4.05. The molecule has 2 aliphatic rings. The first-order valence-corrected chi connectivity index (χ1v) is 14.1. The van der Waals surface area contributed by atoms with Crippen LogP contribution in [0.1, 0.15) is 70.2 Å². The minimum absolute atomic E-state index is 0.167. The maximum Gasteiger partial charge on any atom is 0.410 e. The molecule has 4 heterocycles. The van der Waals surface area contributed by atoms with Crippen LogP contribution < -0.4 is 5.32 Å². The number of likely N-dealkylation sites (tertiary alicyclic amines) is 1. The molecule has 0 saturated carbocycles. The van der Waals surface area contributed by atoms with Gasteiger partial charge in [-0.2, -0.15) is 0 Å². The predicted molar refractivity (Wildman–Crippen MR) is 152 cm³/mol. The summed E-state index contributed by atoms with van der Waals surface area (Å²) in [6.45, 7) is 7.03. The van der Waals surface area contributed by atoms with Crippen molar-refractivity contribution in [3.63, 3.8) is 0 Å². The Balaban J connectivity index is 1.19. The van der Waals surface area contributed by atoms with Crippen molar-refractivity contribution in [2.45, 2.75) is 64.1 Å². The van der Waals surface area contributed by atoms with Gasteiger partial charge >= 0.3 is 6.09 Å². The van der Waals surface area contributed by atoms with Gasteiger partial charge in [-0.1, -0.05) is 12.1 Å². The van der Waals surface area contributed by atoms with E-state index >= 15 is 8.78 Å². The Morgan fingerprint density at radius 2 is 1.51 bits per heavy atom. The van der Waals surface area contributed by atoms with Crippen molar-refractivity contribution in [3.05, 3.63) is 72.1 Å². The molecule has 4 aromatic rings. The van der Waals surface area contributed by atoms with Gasteiger partial charge in [-0.05, 0) is 88.4 Å². The highest BCUT2D eigenvalue weighted by atomic mass is 19.1. The number of benzene rings is 2. The van der Waals surface area contributed by atoms with Gasteiger partial charge in [-0.15, -0.1) is 0 Å². The highest BCUT2D eigenvalue weighted by molar-refractivity contribution is 5.72. The largest absolute Gasteiger partial charge is 0.444 e. The normalized spacial score (nSPS) is 19.2. The van der Waals surface area contributed by atoms with Crippen LogP contribution in [0.15, 0.2) is 48.8 Å². The van der Waals surface area contributed by atoms with E-state index in [1.54, 1.807) is 41.6 Å². The summed E-state index contributed by atoms with van der Waals surface area (Å²) >= 11 is 0. The molecule has 0 aliphatic carbocycles. The van der Waals surface area contributed by atoms with Crippen molar-refractivity contribution in [2.75, 3.05) is 13.1 Å². The Morgan fingerprint density at radius 3 is 2.07 bits per heavy atom. The Labute approximate surface area is 237 Å². The first kappa shape index (κ1) is 27.1. The molecule has 10 heteroatoms. The Bertz CT molecular complexity index is 1570. The third-order valence-electron chi connectivity index (χ3n) is 7.63. The number of nitrogens with zero attached hydrogens (tertiary/aromatic N) is 3. The highest BCUT2D eigenvalue weighted by Gasteiger charge is 2.35. The highest BCUT2D eigenvalue weighted by Crippen LogP contribution is 2.35. The lowest BCUT2D eigenvalue weighted by molar-refractivity contribution is 0.0218. The SMILES string of the molecule is CC(C)(C)OC(=O)N1CCC[C@H]1c1ncc(-c2ccc(-c3ccc(-c4cnc([C@@H]5CCCN5)[nH]4)c(F)c3)cc2F)[nH]1. The van der Waals surface area contributed by atoms with Gasteiger partial charge in [-0.3, -0.25) is 4.90 Å². The number of amides is 1. The summed E-state index contributed by atoms with van der Waals surface area (Å²) in [4.78, 5) is 29.7. The lowest BCUT2D eigenvalue weighted by Crippen LogP contribution is -2.36. The second-order valence-electron chi connectivity index (χ2n) is 11.7. The average Bonchev–Trinajstić information content (AvgIpc) is 3.73. The summed E-state index contributed by atoms with van der Waals surface area (Å²) in [7, 11) is 0. The first-order valence-electron chi connectivity index (χ1n) is 14.1. The van der Waals surface area contributed by atoms with E-state index in [1.807, 2.05) is 20.8 Å². The van der Waals surface area contributed by atoms with Crippen LogP contribution in [-0.4, -0.2) is 49.6 Å². The molecular formula is C31H34F2N6O2. The van der Waals surface area contributed by atoms with Crippen molar-refractivity contribution >= 4 is 6.09 Å². The first-order chi connectivity index (χ1) is 19.7. The fourth-order valence-corrected chi connectivity index (χ4v) is 5.63. The van der Waals surface area contributed by atoms with Crippen molar-refractivity contribution in [2.24, 2.45) is 0 Å². The van der Waals surface area contributed by atoms with E-state index in [9.17, 15) is 4.79 Å². The molecule has 1 amide bonds. The molecule has 2 aromatic carbocycles. The van der Waals surface area contributed by atoms with Crippen LogP contribution in [0.4, 0.5) is 13.6 Å². The molecule has 2 aromatic heterocycles. The number of aromatic amines is 2. The summed E-state index contributed by atoms with van der Waals surface area (Å²) in [5.41, 5.74) is 2.41. The number of nitrogens with one attached hydrogen (secondary N) is 3. The third kappa shape index (κ3) is 5.61. The standard InChI is InChI=1S/C31H34F2N6O2/c1-31(2,3)41-30(40)39-13-5-7-27(39)29-36-17-26(38-29)21-11-9-19(15-23(21)33)18-8-10-20(22(32)14-18)25-16-35-28(37-25)24-6-4-12-34-24/h8-11,14-17,24,27,34H,4-7,12-13H2,1-3H3,(H,35,37)(H,36,38)/t24-,27-/m0/s1. The van der Waals surface area contributed by atoms with E-state index < -0.39 is 17.2 Å². The monoisotopic (exact) mass is 560 g/mol. The lowest BCUT2D eigenvalue weighted by atomic mass is 10.00. The zero-order valence-electron chi connectivity index (χ0n) is 23.4. The maximum atomic E-state index is 15.3. The zero-order valence-corrected chi connectivity index (χ0v) is 23.4. The molecular weight excluding hydrogens is 526 g/mol. The molecule has 0 radical (unpaired) electrons. The second kappa shape index (κ2) is 10.7. The molecule has 214 valence electrons. The zero-order chi connectivity index (χ0) is 28.7. The number of carbonyl (C=O) groups is 1. The molecule has 2 fully saturated rings. The smallest absolute Gasteiger partial charge is 0.410 e. The summed E-state index contributed by atoms with van der Waals surface area (Å²) in [5.74, 6) is 0.534. The topological polar surface area (TPSA) is 98.9 Å². The van der Waals surface area contributed by atoms with Crippen molar-refractivity contribution < 1.29 is 18.3 Å². The van der Waals surface area contributed by atoms with Crippen LogP contribution >= 0.6 is 0 Å². The molecule has 2 saturated heterocycles. The van der Waals surface area contributed by atoms with Gasteiger partial charge in [0, 0.05) is 17.7 Å². The fourth-order valence-electron chi connectivity index (χ4n) is 5.63. The van der Waals surface area contributed by atoms with Gasteiger partial charge in [0.05, 0.1) is 35.9 Å². The molecule has 0 unspecified atom stereocenters. The van der Waals surface area contributed by atoms with E-state index in [0.717, 1.165) is 38.1 Å². The van der Waals surface area contributed by atoms with Gasteiger partial charge in [0.25, 0.3) is 0 Å². The van der Waals surface area contributed by atoms with Crippen molar-refractivity contribution in [1.29, 1.82) is 0 Å². The van der Waals surface area contributed by atoms with Gasteiger partial charge in [0.1, 0.15) is 28.9 Å². The molecule has 2 aliphatic heterocycles. The van der Waals surface area contributed by atoms with Crippen LogP contribution in [0, 0.1) is 11.6 Å². The number of rotatable bonds is 5. The van der Waals surface area contributed by atoms with Gasteiger partial charge in [-0.25, -0.2) is 23.5 Å². The van der Waals surface area contributed by atoms with Crippen LogP contribution in [0.2, 0.25) is 0 Å². The average molecular weight is 561 g/mol. The number of ether oxygens (including phenoxy) is 1. The third-order valence-corrected chi connectivity index (χ3v) is 7.63. The van der Waals surface area contributed by atoms with Crippen LogP contribution in [0.25, 0.3) is 33.6 Å². The maximum absolute atomic E-state index is 15.3. The van der Waals surface area contributed by atoms with E-state index in [2.05, 4.69) is 25.3 Å².